The first-order chi connectivity index (χ1) is 14.0. The fourth-order valence-electron chi connectivity index (χ4n) is 3.40. The van der Waals surface area contributed by atoms with Crippen LogP contribution in [0.1, 0.15) is 41.6 Å². The van der Waals surface area contributed by atoms with Gasteiger partial charge in [0.2, 0.25) is 5.91 Å². The molecule has 2 aromatic rings. The third kappa shape index (κ3) is 5.81. The largest absolute Gasteiger partial charge is 0.483 e. The van der Waals surface area contributed by atoms with E-state index in [0.717, 1.165) is 36.9 Å². The maximum atomic E-state index is 12.5. The smallest absolute Gasteiger partial charge is 0.255 e. The van der Waals surface area contributed by atoms with E-state index in [4.69, 9.17) is 10.5 Å². The average Bonchev–Trinajstić information content (AvgIpc) is 3.26. The molecule has 0 spiro atoms. The van der Waals surface area contributed by atoms with Gasteiger partial charge in [-0.15, -0.1) is 0 Å². The van der Waals surface area contributed by atoms with Crippen LogP contribution in [0.5, 0.6) is 5.75 Å². The molecule has 29 heavy (non-hydrogen) atoms. The van der Waals surface area contributed by atoms with Gasteiger partial charge in [-0.1, -0.05) is 37.1 Å². The summed E-state index contributed by atoms with van der Waals surface area (Å²) in [6.07, 6.45) is 4.10. The molecule has 1 fully saturated rings. The van der Waals surface area contributed by atoms with E-state index in [9.17, 15) is 14.4 Å². The number of para-hydroxylation sites is 1. The second-order valence-corrected chi connectivity index (χ2v) is 7.10. The van der Waals surface area contributed by atoms with Gasteiger partial charge in [0.1, 0.15) is 5.75 Å². The maximum absolute atomic E-state index is 12.5. The molecule has 7 nitrogen and oxygen atoms in total. The highest BCUT2D eigenvalue weighted by atomic mass is 16.5. The van der Waals surface area contributed by atoms with Crippen LogP contribution in [0.4, 0.5) is 5.69 Å². The van der Waals surface area contributed by atoms with Crippen LogP contribution in [0, 0.1) is 5.92 Å². The molecule has 0 atom stereocenters. The first-order valence-electron chi connectivity index (χ1n) is 9.71. The number of benzene rings is 2. The minimum absolute atomic E-state index is 0.0595. The third-order valence-electron chi connectivity index (χ3n) is 4.88. The van der Waals surface area contributed by atoms with Gasteiger partial charge in [0.25, 0.3) is 11.8 Å². The molecule has 3 rings (SSSR count). The van der Waals surface area contributed by atoms with Gasteiger partial charge in [-0.3, -0.25) is 14.4 Å². The first kappa shape index (κ1) is 20.4. The number of nitrogens with two attached hydrogens (primary N) is 1. The number of hydrogen-bond acceptors (Lipinski definition) is 4. The third-order valence-corrected chi connectivity index (χ3v) is 4.88. The summed E-state index contributed by atoms with van der Waals surface area (Å²) in [6.45, 7) is -0.0108. The lowest BCUT2D eigenvalue weighted by Crippen LogP contribution is -2.25. The second kappa shape index (κ2) is 9.73. The number of ether oxygens (including phenoxy) is 1. The lowest BCUT2D eigenvalue weighted by molar-refractivity contribution is -0.120. The fraction of sp³-hybridized carbons (Fsp3) is 0.318. The number of anilines is 1. The normalized spacial score (nSPS) is 13.7. The van der Waals surface area contributed by atoms with Crippen LogP contribution in [-0.2, 0) is 16.1 Å². The van der Waals surface area contributed by atoms with Crippen LogP contribution in [0.3, 0.4) is 0 Å². The van der Waals surface area contributed by atoms with Crippen molar-refractivity contribution >= 4 is 23.4 Å². The predicted octanol–water partition coefficient (Wildman–Crippen LogP) is 2.61. The van der Waals surface area contributed by atoms with Crippen LogP contribution >= 0.6 is 0 Å². The van der Waals surface area contributed by atoms with E-state index in [0.29, 0.717) is 11.3 Å². The number of nitrogens with one attached hydrogen (secondary N) is 2. The Kier molecular flexibility index (Phi) is 6.84. The number of carbonyl (C=O) groups is 3. The highest BCUT2D eigenvalue weighted by Gasteiger charge is 2.22. The van der Waals surface area contributed by atoms with Crippen molar-refractivity contribution in [1.82, 2.24) is 5.32 Å². The zero-order chi connectivity index (χ0) is 20.6. The molecule has 0 radical (unpaired) electrons. The lowest BCUT2D eigenvalue weighted by Gasteiger charge is -2.13. The molecule has 0 aliphatic heterocycles. The Labute approximate surface area is 169 Å². The van der Waals surface area contributed by atoms with E-state index in [1.54, 1.807) is 24.3 Å². The summed E-state index contributed by atoms with van der Waals surface area (Å²) in [5.41, 5.74) is 6.99. The topological polar surface area (TPSA) is 111 Å². The minimum Gasteiger partial charge on any atom is -0.483 e. The summed E-state index contributed by atoms with van der Waals surface area (Å²) in [5, 5.41) is 5.80. The van der Waals surface area contributed by atoms with Gasteiger partial charge >= 0.3 is 0 Å². The number of hydrogen-bond donors (Lipinski definition) is 3. The highest BCUT2D eigenvalue weighted by Crippen LogP contribution is 2.26. The van der Waals surface area contributed by atoms with Gasteiger partial charge in [-0.25, -0.2) is 0 Å². The van der Waals surface area contributed by atoms with Gasteiger partial charge in [0.05, 0.1) is 5.56 Å². The zero-order valence-corrected chi connectivity index (χ0v) is 16.1. The number of rotatable bonds is 8. The molecule has 0 saturated heterocycles. The summed E-state index contributed by atoms with van der Waals surface area (Å²) in [7, 11) is 0. The van der Waals surface area contributed by atoms with Crippen LogP contribution in [0.15, 0.2) is 48.5 Å². The van der Waals surface area contributed by atoms with Crippen LogP contribution in [0.25, 0.3) is 0 Å². The summed E-state index contributed by atoms with van der Waals surface area (Å²) in [5.74, 6) is -0.497. The molecule has 1 aliphatic rings. The van der Waals surface area contributed by atoms with Crippen LogP contribution in [0.2, 0.25) is 0 Å². The summed E-state index contributed by atoms with van der Waals surface area (Å²) < 4.78 is 5.30. The van der Waals surface area contributed by atoms with Crippen LogP contribution < -0.4 is 21.1 Å². The van der Waals surface area contributed by atoms with Crippen molar-refractivity contribution in [2.75, 3.05) is 11.9 Å². The summed E-state index contributed by atoms with van der Waals surface area (Å²) in [4.78, 5) is 35.8. The quantitative estimate of drug-likeness (QED) is 0.638. The number of primary amides is 1. The van der Waals surface area contributed by atoms with Crippen molar-refractivity contribution in [1.29, 1.82) is 0 Å². The molecule has 1 aliphatic carbocycles. The molecule has 152 valence electrons. The standard InChI is InChI=1S/C22H25N3O4/c23-20(26)14-29-19-11-4-3-10-18(19)22(28)24-13-15-6-5-9-17(12-15)25-21(27)16-7-1-2-8-16/h3-6,9-12,16H,1-2,7-8,13-14H2,(H2,23,26)(H,24,28)(H,25,27). The Morgan fingerprint density at radius 3 is 2.55 bits per heavy atom. The van der Waals surface area contributed by atoms with E-state index in [-0.39, 0.29) is 30.9 Å². The van der Waals surface area contributed by atoms with Gasteiger partial charge in [-0.05, 0) is 42.7 Å². The van der Waals surface area contributed by atoms with Gasteiger partial charge in [-0.2, -0.15) is 0 Å². The molecule has 3 amide bonds. The molecule has 0 unspecified atom stereocenters. The van der Waals surface area contributed by atoms with Crippen LogP contribution in [-0.4, -0.2) is 24.3 Å². The first-order valence-corrected chi connectivity index (χ1v) is 9.71. The Morgan fingerprint density at radius 1 is 1.03 bits per heavy atom. The average molecular weight is 395 g/mol. The van der Waals surface area contributed by atoms with Gasteiger partial charge < -0.3 is 21.1 Å². The maximum Gasteiger partial charge on any atom is 0.255 e. The van der Waals surface area contributed by atoms with Crippen molar-refractivity contribution < 1.29 is 19.1 Å². The molecule has 1 saturated carbocycles. The van der Waals surface area contributed by atoms with Crippen molar-refractivity contribution in [3.8, 4) is 5.75 Å². The van der Waals surface area contributed by atoms with Crippen molar-refractivity contribution in [2.45, 2.75) is 32.2 Å². The molecular formula is C22H25N3O4. The molecule has 4 N–H and O–H groups in total. The monoisotopic (exact) mass is 395 g/mol. The molecule has 0 aromatic heterocycles. The minimum atomic E-state index is -0.614. The van der Waals surface area contributed by atoms with E-state index in [2.05, 4.69) is 10.6 Å². The lowest BCUT2D eigenvalue weighted by atomic mass is 10.1. The fourth-order valence-corrected chi connectivity index (χ4v) is 3.40. The molecular weight excluding hydrogens is 370 g/mol. The molecule has 7 heteroatoms. The van der Waals surface area contributed by atoms with E-state index in [1.807, 2.05) is 24.3 Å². The Morgan fingerprint density at radius 2 is 1.79 bits per heavy atom. The Bertz CT molecular complexity index is 891. The van der Waals surface area contributed by atoms with E-state index >= 15 is 0 Å². The van der Waals surface area contributed by atoms with Gasteiger partial charge in [0, 0.05) is 18.2 Å². The molecule has 0 heterocycles. The predicted molar refractivity (Wildman–Crippen MR) is 109 cm³/mol. The van der Waals surface area contributed by atoms with E-state index < -0.39 is 5.91 Å². The van der Waals surface area contributed by atoms with Gasteiger partial charge in [0.15, 0.2) is 6.61 Å². The SMILES string of the molecule is NC(=O)COc1ccccc1C(=O)NCc1cccc(NC(=O)C2CCCC2)c1. The Hall–Kier alpha value is -3.35. The second-order valence-electron chi connectivity index (χ2n) is 7.10. The number of carbonyl (C=O) groups excluding carboxylic acids is 3. The Balaban J connectivity index is 1.59. The molecule has 0 bridgehead atoms. The van der Waals surface area contributed by atoms with E-state index in [1.165, 1.54) is 0 Å². The molecule has 2 aromatic carbocycles. The number of amides is 3. The van der Waals surface area contributed by atoms with Crippen molar-refractivity contribution in [3.05, 3.63) is 59.7 Å². The van der Waals surface area contributed by atoms with Crippen molar-refractivity contribution in [2.24, 2.45) is 11.7 Å². The summed E-state index contributed by atoms with van der Waals surface area (Å²) in [6, 6.07) is 14.1. The zero-order valence-electron chi connectivity index (χ0n) is 16.1. The van der Waals surface area contributed by atoms with Crippen molar-refractivity contribution in [3.63, 3.8) is 0 Å². The summed E-state index contributed by atoms with van der Waals surface area (Å²) >= 11 is 0. The highest BCUT2D eigenvalue weighted by molar-refractivity contribution is 5.97.